The van der Waals surface area contributed by atoms with Gasteiger partial charge < -0.3 is 10.2 Å². The molecule has 0 aliphatic carbocycles. The first-order chi connectivity index (χ1) is 10.6. The van der Waals surface area contributed by atoms with Crippen LogP contribution in [0.1, 0.15) is 36.8 Å². The lowest BCUT2D eigenvalue weighted by atomic mass is 10.2. The highest BCUT2D eigenvalue weighted by Crippen LogP contribution is 2.14. The minimum atomic E-state index is -0.172. The Hall–Kier alpha value is -2.43. The van der Waals surface area contributed by atoms with Crippen molar-refractivity contribution in [1.29, 1.82) is 0 Å². The summed E-state index contributed by atoms with van der Waals surface area (Å²) in [5.74, 6) is 0.588. The summed E-state index contributed by atoms with van der Waals surface area (Å²) in [7, 11) is 0. The monoisotopic (exact) mass is 298 g/mol. The molecule has 0 unspecified atom stereocenters. The molecule has 0 radical (unpaired) electrons. The zero-order chi connectivity index (χ0) is 15.9. The van der Waals surface area contributed by atoms with Crippen molar-refractivity contribution in [2.75, 3.05) is 11.4 Å². The molecule has 0 bridgehead atoms. The summed E-state index contributed by atoms with van der Waals surface area (Å²) in [4.78, 5) is 22.5. The largest absolute Gasteiger partial charge is 0.352 e. The molecule has 116 valence electrons. The molecule has 22 heavy (non-hydrogen) atoms. The molecule has 1 amide bonds. The Labute approximate surface area is 131 Å². The number of carbonyl (C=O) groups excluding carboxylic acids is 1. The molecule has 5 heteroatoms. The van der Waals surface area contributed by atoms with Gasteiger partial charge in [0.05, 0.1) is 0 Å². The van der Waals surface area contributed by atoms with Gasteiger partial charge >= 0.3 is 0 Å². The van der Waals surface area contributed by atoms with Crippen LogP contribution in [0.25, 0.3) is 0 Å². The molecule has 0 aliphatic heterocycles. The zero-order valence-electron chi connectivity index (χ0n) is 13.3. The SMILES string of the molecule is CCN(Cc1ccccc1)c1cc(C(=O)NC(C)C)ncn1. The summed E-state index contributed by atoms with van der Waals surface area (Å²) < 4.78 is 0. The lowest BCUT2D eigenvalue weighted by Gasteiger charge is -2.22. The molecule has 0 fully saturated rings. The molecule has 5 nitrogen and oxygen atoms in total. The van der Waals surface area contributed by atoms with E-state index in [2.05, 4.69) is 39.2 Å². The minimum absolute atomic E-state index is 0.0810. The van der Waals surface area contributed by atoms with E-state index in [9.17, 15) is 4.79 Å². The first-order valence-corrected chi connectivity index (χ1v) is 7.52. The maximum atomic E-state index is 12.1. The summed E-state index contributed by atoms with van der Waals surface area (Å²) >= 11 is 0. The van der Waals surface area contributed by atoms with Crippen molar-refractivity contribution < 1.29 is 4.79 Å². The Balaban J connectivity index is 2.17. The molecule has 2 rings (SSSR count). The Bertz CT molecular complexity index is 613. The lowest BCUT2D eigenvalue weighted by Crippen LogP contribution is -2.31. The van der Waals surface area contributed by atoms with Crippen molar-refractivity contribution in [2.45, 2.75) is 33.4 Å². The predicted molar refractivity (Wildman–Crippen MR) is 87.8 cm³/mol. The number of nitrogens with zero attached hydrogens (tertiary/aromatic N) is 3. The fourth-order valence-corrected chi connectivity index (χ4v) is 2.14. The van der Waals surface area contributed by atoms with Crippen molar-refractivity contribution in [3.63, 3.8) is 0 Å². The highest BCUT2D eigenvalue weighted by atomic mass is 16.1. The summed E-state index contributed by atoms with van der Waals surface area (Å²) in [6, 6.07) is 12.0. The number of hydrogen-bond acceptors (Lipinski definition) is 4. The van der Waals surface area contributed by atoms with E-state index in [1.54, 1.807) is 6.07 Å². The molecule has 1 aromatic heterocycles. The van der Waals surface area contributed by atoms with Gasteiger partial charge in [-0.3, -0.25) is 4.79 Å². The highest BCUT2D eigenvalue weighted by molar-refractivity contribution is 5.93. The van der Waals surface area contributed by atoms with Crippen LogP contribution >= 0.6 is 0 Å². The van der Waals surface area contributed by atoms with Crippen molar-refractivity contribution in [3.8, 4) is 0 Å². The number of benzene rings is 1. The van der Waals surface area contributed by atoms with Gasteiger partial charge in [-0.1, -0.05) is 30.3 Å². The molecule has 2 aromatic rings. The Morgan fingerprint density at radius 2 is 1.95 bits per heavy atom. The van der Waals surface area contributed by atoms with Gasteiger partial charge in [-0.05, 0) is 26.3 Å². The number of nitrogens with one attached hydrogen (secondary N) is 1. The van der Waals surface area contributed by atoms with Gasteiger partial charge in [0.2, 0.25) is 0 Å². The van der Waals surface area contributed by atoms with Gasteiger partial charge in [0.15, 0.2) is 0 Å². The van der Waals surface area contributed by atoms with Crippen LogP contribution in [0.3, 0.4) is 0 Å². The molecular weight excluding hydrogens is 276 g/mol. The summed E-state index contributed by atoms with van der Waals surface area (Å²) in [6.45, 7) is 7.47. The number of rotatable bonds is 6. The van der Waals surface area contributed by atoms with Crippen molar-refractivity contribution >= 4 is 11.7 Å². The molecular formula is C17H22N4O. The van der Waals surface area contributed by atoms with Gasteiger partial charge in [0.1, 0.15) is 17.8 Å². The summed E-state index contributed by atoms with van der Waals surface area (Å²) in [5, 5.41) is 2.85. The average molecular weight is 298 g/mol. The van der Waals surface area contributed by atoms with E-state index in [-0.39, 0.29) is 11.9 Å². The quantitative estimate of drug-likeness (QED) is 0.890. The molecule has 1 N–H and O–H groups in total. The van der Waals surface area contributed by atoms with Crippen LogP contribution in [0.4, 0.5) is 5.82 Å². The second kappa shape index (κ2) is 7.54. The fourth-order valence-electron chi connectivity index (χ4n) is 2.14. The van der Waals surface area contributed by atoms with Crippen LogP contribution < -0.4 is 10.2 Å². The van der Waals surface area contributed by atoms with Crippen molar-refractivity contribution in [3.05, 3.63) is 54.0 Å². The fraction of sp³-hybridized carbons (Fsp3) is 0.353. The van der Waals surface area contributed by atoms with E-state index in [1.807, 2.05) is 32.0 Å². The maximum Gasteiger partial charge on any atom is 0.270 e. The van der Waals surface area contributed by atoms with Gasteiger partial charge in [0.25, 0.3) is 5.91 Å². The van der Waals surface area contributed by atoms with E-state index in [0.717, 1.165) is 18.9 Å². The van der Waals surface area contributed by atoms with Gasteiger partial charge in [-0.15, -0.1) is 0 Å². The van der Waals surface area contributed by atoms with Crippen LogP contribution in [-0.2, 0) is 6.54 Å². The maximum absolute atomic E-state index is 12.1. The average Bonchev–Trinajstić information content (AvgIpc) is 2.53. The van der Waals surface area contributed by atoms with Crippen LogP contribution in [0.15, 0.2) is 42.7 Å². The molecule has 0 atom stereocenters. The summed E-state index contributed by atoms with van der Waals surface area (Å²) in [6.07, 6.45) is 1.44. The third kappa shape index (κ3) is 4.28. The second-order valence-corrected chi connectivity index (χ2v) is 5.39. The minimum Gasteiger partial charge on any atom is -0.352 e. The number of anilines is 1. The highest BCUT2D eigenvalue weighted by Gasteiger charge is 2.13. The van der Waals surface area contributed by atoms with Crippen LogP contribution in [0.2, 0.25) is 0 Å². The Morgan fingerprint density at radius 3 is 2.59 bits per heavy atom. The normalized spacial score (nSPS) is 10.5. The molecule has 0 aliphatic rings. The van der Waals surface area contributed by atoms with E-state index < -0.39 is 0 Å². The standard InChI is InChI=1S/C17H22N4O/c1-4-21(11-14-8-6-5-7-9-14)16-10-15(18-12-19-16)17(22)20-13(2)3/h5-10,12-13H,4,11H2,1-3H3,(H,20,22). The van der Waals surface area contributed by atoms with Gasteiger partial charge in [-0.25, -0.2) is 9.97 Å². The van der Waals surface area contributed by atoms with E-state index >= 15 is 0 Å². The first-order valence-electron chi connectivity index (χ1n) is 7.52. The Morgan fingerprint density at radius 1 is 1.23 bits per heavy atom. The van der Waals surface area contributed by atoms with Crippen LogP contribution in [0, 0.1) is 0 Å². The zero-order valence-corrected chi connectivity index (χ0v) is 13.3. The number of aromatic nitrogens is 2. The molecule has 0 saturated carbocycles. The van der Waals surface area contributed by atoms with Gasteiger partial charge in [-0.2, -0.15) is 0 Å². The first kappa shape index (κ1) is 15.9. The third-order valence-electron chi connectivity index (χ3n) is 3.23. The third-order valence-corrected chi connectivity index (χ3v) is 3.23. The second-order valence-electron chi connectivity index (χ2n) is 5.39. The predicted octanol–water partition coefficient (Wildman–Crippen LogP) is 2.64. The van der Waals surface area contributed by atoms with E-state index in [1.165, 1.54) is 11.9 Å². The molecule has 0 saturated heterocycles. The molecule has 1 heterocycles. The van der Waals surface area contributed by atoms with E-state index in [0.29, 0.717) is 5.69 Å². The number of amides is 1. The summed E-state index contributed by atoms with van der Waals surface area (Å²) in [5.41, 5.74) is 1.60. The van der Waals surface area contributed by atoms with Crippen molar-refractivity contribution in [1.82, 2.24) is 15.3 Å². The van der Waals surface area contributed by atoms with Crippen LogP contribution in [0.5, 0.6) is 0 Å². The van der Waals surface area contributed by atoms with E-state index in [4.69, 9.17) is 0 Å². The topological polar surface area (TPSA) is 58.1 Å². The molecule has 0 spiro atoms. The smallest absolute Gasteiger partial charge is 0.270 e. The molecule has 1 aromatic carbocycles. The lowest BCUT2D eigenvalue weighted by molar-refractivity contribution is 0.0938. The number of carbonyl (C=O) groups is 1. The van der Waals surface area contributed by atoms with Crippen LogP contribution in [-0.4, -0.2) is 28.5 Å². The van der Waals surface area contributed by atoms with Gasteiger partial charge in [0, 0.05) is 25.2 Å². The van der Waals surface area contributed by atoms with Crippen molar-refractivity contribution in [2.24, 2.45) is 0 Å². The Kier molecular flexibility index (Phi) is 5.47. The number of hydrogen-bond donors (Lipinski definition) is 1.